The van der Waals surface area contributed by atoms with Gasteiger partial charge in [-0.1, -0.05) is 23.7 Å². The fourth-order valence-electron chi connectivity index (χ4n) is 3.48. The summed E-state index contributed by atoms with van der Waals surface area (Å²) in [5, 5.41) is 0.907. The Bertz CT molecular complexity index is 1270. The van der Waals surface area contributed by atoms with Crippen LogP contribution in [0.1, 0.15) is 12.5 Å². The lowest BCUT2D eigenvalue weighted by Crippen LogP contribution is -2.40. The van der Waals surface area contributed by atoms with Gasteiger partial charge in [-0.2, -0.15) is 0 Å². The molecule has 1 aromatic carbocycles. The first-order valence-electron chi connectivity index (χ1n) is 9.76. The van der Waals surface area contributed by atoms with Crippen LogP contribution in [0.3, 0.4) is 0 Å². The van der Waals surface area contributed by atoms with Crippen molar-refractivity contribution in [3.63, 3.8) is 0 Å². The lowest BCUT2D eigenvalue weighted by atomic mass is 10.0. The van der Waals surface area contributed by atoms with Gasteiger partial charge in [0.05, 0.1) is 28.4 Å². The number of rotatable bonds is 4. The molecule has 0 spiro atoms. The molecule has 3 heterocycles. The Hall–Kier alpha value is -2.22. The summed E-state index contributed by atoms with van der Waals surface area (Å²) in [6.45, 7) is 1.48. The van der Waals surface area contributed by atoms with Crippen molar-refractivity contribution in [1.82, 2.24) is 15.0 Å². The summed E-state index contributed by atoms with van der Waals surface area (Å²) in [6, 6.07) is 6.07. The first-order chi connectivity index (χ1) is 15.0. The van der Waals surface area contributed by atoms with Crippen LogP contribution >= 0.6 is 20.8 Å². The van der Waals surface area contributed by atoms with Crippen LogP contribution in [-0.2, 0) is 15.8 Å². The van der Waals surface area contributed by atoms with E-state index in [0.29, 0.717) is 51.7 Å². The zero-order valence-corrected chi connectivity index (χ0v) is 19.8. The van der Waals surface area contributed by atoms with Crippen molar-refractivity contribution in [3.8, 4) is 22.5 Å². The monoisotopic (exact) mass is 496 g/mol. The van der Waals surface area contributed by atoms with Gasteiger partial charge in [0.15, 0.2) is 9.84 Å². The first kappa shape index (κ1) is 23.0. The van der Waals surface area contributed by atoms with Crippen molar-refractivity contribution in [2.75, 3.05) is 29.5 Å². The molecule has 0 saturated carbocycles. The van der Waals surface area contributed by atoms with Gasteiger partial charge in [-0.3, -0.25) is 9.97 Å². The number of hydrogen-bond acceptors (Lipinski definition) is 6. The molecule has 4 rings (SSSR count). The summed E-state index contributed by atoms with van der Waals surface area (Å²) in [4.78, 5) is 15.2. The SMILES string of the molecule is CC(F)(F)c1ccc(-c2ncc(N3CCS(=O)(=O)CC3)nc2-c2ccncc2Cl)c(P)c1. The normalized spacial score (nSPS) is 16.2. The Balaban J connectivity index is 1.84. The summed E-state index contributed by atoms with van der Waals surface area (Å²) in [5.74, 6) is -2.35. The van der Waals surface area contributed by atoms with Crippen LogP contribution in [0.4, 0.5) is 14.6 Å². The third-order valence-corrected chi connectivity index (χ3v) is 7.66. The number of anilines is 1. The average Bonchev–Trinajstić information content (AvgIpc) is 2.73. The van der Waals surface area contributed by atoms with Crippen molar-refractivity contribution in [2.24, 2.45) is 0 Å². The summed E-state index contributed by atoms with van der Waals surface area (Å²) < 4.78 is 51.1. The molecule has 0 amide bonds. The van der Waals surface area contributed by atoms with E-state index in [1.807, 2.05) is 4.90 Å². The second-order valence-corrected chi connectivity index (χ2v) is 10.9. The van der Waals surface area contributed by atoms with Crippen molar-refractivity contribution in [2.45, 2.75) is 12.8 Å². The van der Waals surface area contributed by atoms with Crippen LogP contribution < -0.4 is 10.2 Å². The van der Waals surface area contributed by atoms with Crippen molar-refractivity contribution < 1.29 is 17.2 Å². The van der Waals surface area contributed by atoms with Gasteiger partial charge in [-0.25, -0.2) is 22.2 Å². The molecule has 6 nitrogen and oxygen atoms in total. The number of alkyl halides is 2. The average molecular weight is 497 g/mol. The lowest BCUT2D eigenvalue weighted by Gasteiger charge is -2.28. The van der Waals surface area contributed by atoms with Crippen LogP contribution in [-0.4, -0.2) is 48.0 Å². The number of nitrogens with zero attached hydrogens (tertiary/aromatic N) is 4. The highest BCUT2D eigenvalue weighted by Gasteiger charge is 2.27. The van der Waals surface area contributed by atoms with Gasteiger partial charge in [-0.15, -0.1) is 9.24 Å². The molecule has 1 aliphatic heterocycles. The van der Waals surface area contributed by atoms with Crippen molar-refractivity contribution in [1.29, 1.82) is 0 Å². The minimum atomic E-state index is -3.05. The maximum atomic E-state index is 13.8. The van der Waals surface area contributed by atoms with E-state index in [4.69, 9.17) is 16.6 Å². The molecule has 2 aromatic heterocycles. The molecule has 1 fully saturated rings. The number of halogens is 3. The molecule has 1 atom stereocenters. The number of sulfone groups is 1. The third-order valence-electron chi connectivity index (χ3n) is 5.27. The van der Waals surface area contributed by atoms with E-state index in [1.165, 1.54) is 18.3 Å². The minimum absolute atomic E-state index is 0.0459. The quantitative estimate of drug-likeness (QED) is 0.513. The molecule has 11 heteroatoms. The molecule has 1 aliphatic rings. The van der Waals surface area contributed by atoms with Gasteiger partial charge in [0.25, 0.3) is 5.92 Å². The van der Waals surface area contributed by atoms with Gasteiger partial charge >= 0.3 is 0 Å². The van der Waals surface area contributed by atoms with Crippen LogP contribution in [0.15, 0.2) is 42.9 Å². The maximum absolute atomic E-state index is 13.8. The molecule has 1 saturated heterocycles. The topological polar surface area (TPSA) is 76.1 Å². The third kappa shape index (κ3) is 4.75. The Labute approximate surface area is 192 Å². The Kier molecular flexibility index (Phi) is 6.18. The number of benzene rings is 1. The predicted octanol–water partition coefficient (Wildman–Crippen LogP) is 3.71. The second-order valence-electron chi connectivity index (χ2n) is 7.61. The Morgan fingerprint density at radius 1 is 1.09 bits per heavy atom. The predicted molar refractivity (Wildman–Crippen MR) is 125 cm³/mol. The van der Waals surface area contributed by atoms with Crippen molar-refractivity contribution >= 4 is 41.8 Å². The van der Waals surface area contributed by atoms with E-state index < -0.39 is 15.8 Å². The highest BCUT2D eigenvalue weighted by Crippen LogP contribution is 2.35. The van der Waals surface area contributed by atoms with Gasteiger partial charge in [0.1, 0.15) is 11.5 Å². The van der Waals surface area contributed by atoms with Crippen LogP contribution in [0.25, 0.3) is 22.5 Å². The van der Waals surface area contributed by atoms with E-state index >= 15 is 0 Å². The number of hydrogen-bond donors (Lipinski definition) is 0. The zero-order valence-electron chi connectivity index (χ0n) is 17.1. The molecular weight excluding hydrogens is 477 g/mol. The lowest BCUT2D eigenvalue weighted by molar-refractivity contribution is 0.0176. The van der Waals surface area contributed by atoms with E-state index in [2.05, 4.69) is 19.2 Å². The Morgan fingerprint density at radius 2 is 1.81 bits per heavy atom. The Morgan fingerprint density at radius 3 is 2.44 bits per heavy atom. The van der Waals surface area contributed by atoms with Gasteiger partial charge in [0.2, 0.25) is 0 Å². The van der Waals surface area contributed by atoms with Crippen LogP contribution in [0, 0.1) is 0 Å². The summed E-state index contributed by atoms with van der Waals surface area (Å²) in [6.07, 6.45) is 4.64. The van der Waals surface area contributed by atoms with Gasteiger partial charge in [0, 0.05) is 49.1 Å². The largest absolute Gasteiger partial charge is 0.353 e. The van der Waals surface area contributed by atoms with Gasteiger partial charge in [-0.05, 0) is 17.4 Å². The molecule has 0 aliphatic carbocycles. The maximum Gasteiger partial charge on any atom is 0.270 e. The fourth-order valence-corrected chi connectivity index (χ4v) is 5.30. The number of aromatic nitrogens is 3. The summed E-state index contributed by atoms with van der Waals surface area (Å²) >= 11 is 6.39. The number of pyridine rings is 1. The molecule has 1 unspecified atom stereocenters. The van der Waals surface area contributed by atoms with Crippen LogP contribution in [0.5, 0.6) is 0 Å². The molecular formula is C21H20ClF2N4O2PS. The van der Waals surface area contributed by atoms with Crippen molar-refractivity contribution in [3.05, 3.63) is 53.4 Å². The fraction of sp³-hybridized carbons (Fsp3) is 0.286. The smallest absolute Gasteiger partial charge is 0.270 e. The van der Waals surface area contributed by atoms with E-state index in [1.54, 1.807) is 24.5 Å². The summed E-state index contributed by atoms with van der Waals surface area (Å²) in [7, 11) is -0.575. The summed E-state index contributed by atoms with van der Waals surface area (Å²) in [5.41, 5.74) is 2.04. The molecule has 0 bridgehead atoms. The first-order valence-corrected chi connectivity index (χ1v) is 12.5. The minimum Gasteiger partial charge on any atom is -0.353 e. The standard InChI is InChI=1S/C21H20ClF2N4O2PS/c1-21(23,24)13-2-3-15(17(31)10-13)19-20(14-4-5-25-11-16(14)22)27-18(12-26-19)28-6-8-32(29,30)9-7-28/h2-5,10-12H,6-9,31H2,1H3. The van der Waals surface area contributed by atoms with E-state index in [-0.39, 0.29) is 17.1 Å². The second kappa shape index (κ2) is 8.61. The van der Waals surface area contributed by atoms with E-state index in [0.717, 1.165) is 6.92 Å². The van der Waals surface area contributed by atoms with Crippen LogP contribution in [0.2, 0.25) is 5.02 Å². The molecule has 0 N–H and O–H groups in total. The highest BCUT2D eigenvalue weighted by atomic mass is 35.5. The molecule has 32 heavy (non-hydrogen) atoms. The zero-order chi connectivity index (χ0) is 23.1. The van der Waals surface area contributed by atoms with E-state index in [9.17, 15) is 17.2 Å². The molecule has 168 valence electrons. The highest BCUT2D eigenvalue weighted by molar-refractivity contribution is 7.91. The molecule has 3 aromatic rings. The van der Waals surface area contributed by atoms with Gasteiger partial charge < -0.3 is 4.90 Å². The molecule has 0 radical (unpaired) electrons.